The maximum absolute atomic E-state index is 3.56. The van der Waals surface area contributed by atoms with E-state index in [1.807, 2.05) is 13.8 Å². The number of allylic oxidation sites excluding steroid dienone is 7. The lowest BCUT2D eigenvalue weighted by Crippen LogP contribution is -2.37. The van der Waals surface area contributed by atoms with Crippen molar-refractivity contribution in [3.63, 3.8) is 0 Å². The summed E-state index contributed by atoms with van der Waals surface area (Å²) >= 11 is 0. The zero-order valence-electron chi connectivity index (χ0n) is 18.4. The van der Waals surface area contributed by atoms with Crippen LogP contribution in [0.5, 0.6) is 0 Å². The average molecular weight is 356 g/mol. The van der Waals surface area contributed by atoms with Gasteiger partial charge in [0.15, 0.2) is 0 Å². The Morgan fingerprint density at radius 1 is 1.15 bits per heavy atom. The Bertz CT molecular complexity index is 580. The second kappa shape index (κ2) is 10.00. The monoisotopic (exact) mass is 355 g/mol. The number of rotatable bonds is 5. The first-order valence-electron chi connectivity index (χ1n) is 10.5. The molecule has 0 aromatic rings. The van der Waals surface area contributed by atoms with Gasteiger partial charge in [0.1, 0.15) is 0 Å². The SMILES string of the molecule is CC.CC=CC(C)(CCC)C1CC=C(C(C)(C)C)C=C1C1C=CC=CN1. The van der Waals surface area contributed by atoms with Gasteiger partial charge in [-0.05, 0) is 59.9 Å². The van der Waals surface area contributed by atoms with Crippen LogP contribution in [0.25, 0.3) is 0 Å². The van der Waals surface area contributed by atoms with Gasteiger partial charge in [-0.1, -0.05) is 91.3 Å². The molecule has 0 fully saturated rings. The van der Waals surface area contributed by atoms with Crippen molar-refractivity contribution in [1.29, 1.82) is 0 Å². The summed E-state index contributed by atoms with van der Waals surface area (Å²) in [6.45, 7) is 17.8. The van der Waals surface area contributed by atoms with Crippen LogP contribution < -0.4 is 5.32 Å². The molecule has 2 rings (SSSR count). The minimum Gasteiger partial charge on any atom is -0.381 e. The fourth-order valence-corrected chi connectivity index (χ4v) is 4.15. The molecule has 3 atom stereocenters. The summed E-state index contributed by atoms with van der Waals surface area (Å²) < 4.78 is 0. The lowest BCUT2D eigenvalue weighted by Gasteiger charge is -2.42. The highest BCUT2D eigenvalue weighted by atomic mass is 14.9. The van der Waals surface area contributed by atoms with Gasteiger partial charge >= 0.3 is 0 Å². The highest BCUT2D eigenvalue weighted by molar-refractivity contribution is 5.41. The molecule has 1 heterocycles. The molecular weight excluding hydrogens is 314 g/mol. The predicted molar refractivity (Wildman–Crippen MR) is 118 cm³/mol. The molecule has 0 spiro atoms. The Labute approximate surface area is 163 Å². The summed E-state index contributed by atoms with van der Waals surface area (Å²) in [5, 5.41) is 3.56. The summed E-state index contributed by atoms with van der Waals surface area (Å²) in [6, 6.07) is 0.312. The van der Waals surface area contributed by atoms with E-state index in [1.165, 1.54) is 24.0 Å². The van der Waals surface area contributed by atoms with E-state index in [-0.39, 0.29) is 10.8 Å². The van der Waals surface area contributed by atoms with Crippen LogP contribution in [0.15, 0.2) is 59.9 Å². The third-order valence-corrected chi connectivity index (χ3v) is 5.44. The molecule has 0 aromatic carbocycles. The van der Waals surface area contributed by atoms with E-state index in [0.717, 1.165) is 6.42 Å². The van der Waals surface area contributed by atoms with Crippen LogP contribution in [0.2, 0.25) is 0 Å². The zero-order valence-corrected chi connectivity index (χ0v) is 18.4. The van der Waals surface area contributed by atoms with Crippen LogP contribution in [0.3, 0.4) is 0 Å². The van der Waals surface area contributed by atoms with E-state index in [4.69, 9.17) is 0 Å². The Morgan fingerprint density at radius 2 is 1.85 bits per heavy atom. The highest BCUT2D eigenvalue weighted by Gasteiger charge is 2.37. The van der Waals surface area contributed by atoms with E-state index in [1.54, 1.807) is 0 Å². The fourth-order valence-electron chi connectivity index (χ4n) is 4.15. The maximum atomic E-state index is 3.56. The van der Waals surface area contributed by atoms with Gasteiger partial charge in [-0.25, -0.2) is 0 Å². The van der Waals surface area contributed by atoms with Gasteiger partial charge in [-0.3, -0.25) is 0 Å². The summed E-state index contributed by atoms with van der Waals surface area (Å²) in [5.41, 5.74) is 3.42. The molecule has 1 heteroatoms. The van der Waals surface area contributed by atoms with Crippen molar-refractivity contribution in [2.45, 2.75) is 80.7 Å². The van der Waals surface area contributed by atoms with Crippen LogP contribution >= 0.6 is 0 Å². The number of nitrogens with one attached hydrogen (secondary N) is 1. The maximum Gasteiger partial charge on any atom is 0.0661 e. The molecule has 2 aliphatic rings. The largest absolute Gasteiger partial charge is 0.381 e. The highest BCUT2D eigenvalue weighted by Crippen LogP contribution is 2.46. The van der Waals surface area contributed by atoms with E-state index in [0.29, 0.717) is 12.0 Å². The van der Waals surface area contributed by atoms with E-state index in [2.05, 4.69) is 95.6 Å². The Morgan fingerprint density at radius 3 is 2.35 bits per heavy atom. The van der Waals surface area contributed by atoms with Crippen LogP contribution in [-0.4, -0.2) is 6.04 Å². The third kappa shape index (κ3) is 5.50. The molecule has 1 N–H and O–H groups in total. The molecule has 0 radical (unpaired) electrons. The molecule has 26 heavy (non-hydrogen) atoms. The van der Waals surface area contributed by atoms with E-state index >= 15 is 0 Å². The first-order chi connectivity index (χ1) is 12.3. The van der Waals surface area contributed by atoms with Crippen molar-refractivity contribution in [3.05, 3.63) is 59.9 Å². The lowest BCUT2D eigenvalue weighted by molar-refractivity contribution is 0.258. The smallest absolute Gasteiger partial charge is 0.0661 e. The lowest BCUT2D eigenvalue weighted by atomic mass is 9.64. The average Bonchev–Trinajstić information content (AvgIpc) is 2.63. The van der Waals surface area contributed by atoms with Crippen molar-refractivity contribution in [1.82, 2.24) is 5.32 Å². The second-order valence-corrected chi connectivity index (χ2v) is 8.49. The molecule has 1 aliphatic carbocycles. The normalized spacial score (nSPS) is 24.9. The quantitative estimate of drug-likeness (QED) is 0.508. The van der Waals surface area contributed by atoms with Crippen molar-refractivity contribution in [3.8, 4) is 0 Å². The van der Waals surface area contributed by atoms with Crippen molar-refractivity contribution in [2.24, 2.45) is 16.7 Å². The van der Waals surface area contributed by atoms with E-state index < -0.39 is 0 Å². The molecular formula is C25H41N. The molecule has 0 saturated carbocycles. The molecule has 3 unspecified atom stereocenters. The van der Waals surface area contributed by atoms with Gasteiger partial charge < -0.3 is 5.32 Å². The van der Waals surface area contributed by atoms with E-state index in [9.17, 15) is 0 Å². The van der Waals surface area contributed by atoms with Crippen LogP contribution in [0.1, 0.15) is 74.7 Å². The second-order valence-electron chi connectivity index (χ2n) is 8.49. The van der Waals surface area contributed by atoms with Gasteiger partial charge in [0.05, 0.1) is 6.04 Å². The summed E-state index contributed by atoms with van der Waals surface area (Å²) in [5.74, 6) is 0.549. The van der Waals surface area contributed by atoms with Gasteiger partial charge in [0, 0.05) is 0 Å². The number of hydrogen-bond donors (Lipinski definition) is 1. The minimum atomic E-state index is 0.201. The Kier molecular flexibility index (Phi) is 8.67. The first-order valence-corrected chi connectivity index (χ1v) is 10.5. The fraction of sp³-hybridized carbons (Fsp3) is 0.600. The van der Waals surface area contributed by atoms with Crippen molar-refractivity contribution < 1.29 is 0 Å². The molecule has 146 valence electrons. The molecule has 1 aliphatic heterocycles. The Hall–Kier alpha value is -1.50. The summed E-state index contributed by atoms with van der Waals surface area (Å²) in [6.07, 6.45) is 21.8. The Balaban J connectivity index is 0.00000163. The van der Waals surface area contributed by atoms with Crippen molar-refractivity contribution in [2.75, 3.05) is 0 Å². The van der Waals surface area contributed by atoms with Crippen molar-refractivity contribution >= 4 is 0 Å². The predicted octanol–water partition coefficient (Wildman–Crippen LogP) is 7.36. The third-order valence-electron chi connectivity index (χ3n) is 5.44. The topological polar surface area (TPSA) is 12.0 Å². The summed E-state index contributed by atoms with van der Waals surface area (Å²) in [4.78, 5) is 0. The van der Waals surface area contributed by atoms with Crippen LogP contribution in [0, 0.1) is 16.7 Å². The molecule has 1 nitrogen and oxygen atoms in total. The first kappa shape index (κ1) is 22.5. The van der Waals surface area contributed by atoms with Gasteiger partial charge in [-0.15, -0.1) is 0 Å². The molecule has 0 bridgehead atoms. The standard InChI is InChI=1S/C23H35N.C2H6/c1-7-14-23(6,15-8-2)20-13-12-18(22(3,4)5)17-19(20)21-11-9-10-16-24-21;1-2/h7,9-12,14,16-17,20-21,24H,8,13,15H2,1-6H3;1-2H3. The molecule has 0 aromatic heterocycles. The van der Waals surface area contributed by atoms with Crippen LogP contribution in [0.4, 0.5) is 0 Å². The summed E-state index contributed by atoms with van der Waals surface area (Å²) in [7, 11) is 0. The van der Waals surface area contributed by atoms with Gasteiger partial charge in [0.25, 0.3) is 0 Å². The zero-order chi connectivity index (χ0) is 19.8. The molecule has 0 amide bonds. The number of hydrogen-bond acceptors (Lipinski definition) is 1. The number of dihydropyridines is 1. The van der Waals surface area contributed by atoms with Gasteiger partial charge in [0.2, 0.25) is 0 Å². The molecule has 0 saturated heterocycles. The van der Waals surface area contributed by atoms with Crippen LogP contribution in [-0.2, 0) is 0 Å². The van der Waals surface area contributed by atoms with Gasteiger partial charge in [-0.2, -0.15) is 0 Å². The minimum absolute atomic E-state index is 0.201.